The molecular weight excluding hydrogens is 264 g/mol. The zero-order valence-electron chi connectivity index (χ0n) is 10.3. The minimum atomic E-state index is -0.298. The number of aromatic nitrogens is 1. The standard InChI is InChI=1S/C12H12N4O2S/c1-7-14-9-6-8(2-3-10(9)18-7)15-11(17)16-12-13-4-5-19-12/h2-3,6H,4-5H2,1H3,(H2,13,15,16,17). The molecule has 1 aliphatic heterocycles. The van der Waals surface area contributed by atoms with Crippen LogP contribution >= 0.6 is 11.8 Å². The normalized spacial score (nSPS) is 14.5. The van der Waals surface area contributed by atoms with Gasteiger partial charge in [-0.2, -0.15) is 0 Å². The number of carbonyl (C=O) groups is 1. The number of oxazole rings is 1. The average Bonchev–Trinajstić information content (AvgIpc) is 2.96. The number of amides is 2. The molecule has 7 heteroatoms. The molecule has 0 saturated heterocycles. The van der Waals surface area contributed by atoms with Gasteiger partial charge in [-0.3, -0.25) is 10.3 Å². The van der Waals surface area contributed by atoms with Gasteiger partial charge in [0.05, 0.1) is 6.54 Å². The van der Waals surface area contributed by atoms with E-state index >= 15 is 0 Å². The lowest BCUT2D eigenvalue weighted by Gasteiger charge is -2.06. The molecule has 2 amide bonds. The SMILES string of the molecule is Cc1nc2cc(NC(=O)NC3=NCCS3)ccc2o1. The number of thioether (sulfide) groups is 1. The van der Waals surface area contributed by atoms with Gasteiger partial charge in [0.15, 0.2) is 16.6 Å². The predicted octanol–water partition coefficient (Wildman–Crippen LogP) is 2.36. The zero-order chi connectivity index (χ0) is 13.2. The highest BCUT2D eigenvalue weighted by molar-refractivity contribution is 8.14. The Morgan fingerprint density at radius 1 is 1.42 bits per heavy atom. The Kier molecular flexibility index (Phi) is 3.12. The number of aryl methyl sites for hydroxylation is 1. The number of urea groups is 1. The second kappa shape index (κ2) is 4.93. The summed E-state index contributed by atoms with van der Waals surface area (Å²) in [6.07, 6.45) is 0. The van der Waals surface area contributed by atoms with Gasteiger partial charge in [-0.15, -0.1) is 0 Å². The first-order valence-corrected chi connectivity index (χ1v) is 6.82. The molecule has 6 nitrogen and oxygen atoms in total. The van der Waals surface area contributed by atoms with E-state index in [1.165, 1.54) is 11.8 Å². The Hall–Kier alpha value is -2.02. The first-order chi connectivity index (χ1) is 9.20. The molecule has 19 heavy (non-hydrogen) atoms. The van der Waals surface area contributed by atoms with Crippen LogP contribution in [0.2, 0.25) is 0 Å². The number of hydrogen-bond acceptors (Lipinski definition) is 5. The molecule has 2 N–H and O–H groups in total. The lowest BCUT2D eigenvalue weighted by atomic mass is 10.3. The maximum atomic E-state index is 11.7. The molecule has 3 rings (SSSR count). The summed E-state index contributed by atoms with van der Waals surface area (Å²) in [6.45, 7) is 2.54. The number of nitrogens with one attached hydrogen (secondary N) is 2. The Morgan fingerprint density at radius 2 is 2.32 bits per heavy atom. The van der Waals surface area contributed by atoms with Crippen LogP contribution in [0.5, 0.6) is 0 Å². The van der Waals surface area contributed by atoms with E-state index in [2.05, 4.69) is 20.6 Å². The quantitative estimate of drug-likeness (QED) is 0.838. The van der Waals surface area contributed by atoms with Crippen molar-refractivity contribution in [2.45, 2.75) is 6.92 Å². The van der Waals surface area contributed by atoms with Crippen molar-refractivity contribution in [3.05, 3.63) is 24.1 Å². The first kappa shape index (κ1) is 12.0. The molecule has 1 aromatic heterocycles. The third kappa shape index (κ3) is 2.70. The maximum absolute atomic E-state index is 11.7. The number of amidine groups is 1. The molecule has 0 bridgehead atoms. The van der Waals surface area contributed by atoms with E-state index in [4.69, 9.17) is 4.42 Å². The molecule has 2 aromatic rings. The van der Waals surface area contributed by atoms with Crippen molar-refractivity contribution in [3.8, 4) is 0 Å². The summed E-state index contributed by atoms with van der Waals surface area (Å²) in [5, 5.41) is 6.11. The van der Waals surface area contributed by atoms with Gasteiger partial charge < -0.3 is 9.73 Å². The number of aliphatic imine (C=N–C) groups is 1. The predicted molar refractivity (Wildman–Crippen MR) is 75.7 cm³/mol. The molecule has 0 spiro atoms. The number of hydrogen-bond donors (Lipinski definition) is 2. The van der Waals surface area contributed by atoms with E-state index < -0.39 is 0 Å². The highest BCUT2D eigenvalue weighted by Gasteiger charge is 2.11. The van der Waals surface area contributed by atoms with Gasteiger partial charge in [-0.05, 0) is 18.2 Å². The van der Waals surface area contributed by atoms with E-state index in [0.29, 0.717) is 22.3 Å². The fraction of sp³-hybridized carbons (Fsp3) is 0.250. The number of nitrogens with zero attached hydrogens (tertiary/aromatic N) is 2. The van der Waals surface area contributed by atoms with Gasteiger partial charge in [-0.1, -0.05) is 11.8 Å². The van der Waals surface area contributed by atoms with Crippen LogP contribution in [0.3, 0.4) is 0 Å². The molecule has 0 saturated carbocycles. The Balaban J connectivity index is 1.71. The van der Waals surface area contributed by atoms with Crippen molar-refractivity contribution in [3.63, 3.8) is 0 Å². The largest absolute Gasteiger partial charge is 0.441 e. The van der Waals surface area contributed by atoms with Gasteiger partial charge in [0.2, 0.25) is 0 Å². The van der Waals surface area contributed by atoms with E-state index in [-0.39, 0.29) is 6.03 Å². The molecule has 0 fully saturated rings. The molecule has 1 aromatic carbocycles. The van der Waals surface area contributed by atoms with Crippen LogP contribution in [-0.4, -0.2) is 28.5 Å². The molecule has 1 aliphatic rings. The fourth-order valence-corrected chi connectivity index (χ4v) is 2.51. The van der Waals surface area contributed by atoms with Crippen LogP contribution in [0.15, 0.2) is 27.6 Å². The van der Waals surface area contributed by atoms with Crippen molar-refractivity contribution in [2.24, 2.45) is 4.99 Å². The van der Waals surface area contributed by atoms with Gasteiger partial charge >= 0.3 is 6.03 Å². The van der Waals surface area contributed by atoms with E-state index in [0.717, 1.165) is 17.8 Å². The number of rotatable bonds is 1. The number of benzene rings is 1. The second-order valence-corrected chi connectivity index (χ2v) is 5.11. The second-order valence-electron chi connectivity index (χ2n) is 4.03. The lowest BCUT2D eigenvalue weighted by Crippen LogP contribution is -2.31. The van der Waals surface area contributed by atoms with Crippen molar-refractivity contribution in [1.82, 2.24) is 10.3 Å². The van der Waals surface area contributed by atoms with Crippen LogP contribution in [0.1, 0.15) is 5.89 Å². The smallest absolute Gasteiger partial charge is 0.325 e. The highest BCUT2D eigenvalue weighted by atomic mass is 32.2. The van der Waals surface area contributed by atoms with Gasteiger partial charge in [0, 0.05) is 18.4 Å². The highest BCUT2D eigenvalue weighted by Crippen LogP contribution is 2.19. The van der Waals surface area contributed by atoms with Gasteiger partial charge in [0.25, 0.3) is 0 Å². The van der Waals surface area contributed by atoms with E-state index in [1.54, 1.807) is 25.1 Å². The summed E-state index contributed by atoms with van der Waals surface area (Å²) >= 11 is 1.54. The Labute approximate surface area is 113 Å². The lowest BCUT2D eigenvalue weighted by molar-refractivity contribution is 0.256. The van der Waals surface area contributed by atoms with Crippen molar-refractivity contribution >= 4 is 39.7 Å². The van der Waals surface area contributed by atoms with Gasteiger partial charge in [-0.25, -0.2) is 9.78 Å². The van der Waals surface area contributed by atoms with Crippen LogP contribution in [0, 0.1) is 6.92 Å². The van der Waals surface area contributed by atoms with Crippen molar-refractivity contribution < 1.29 is 9.21 Å². The number of carbonyl (C=O) groups excluding carboxylic acids is 1. The monoisotopic (exact) mass is 276 g/mol. The summed E-state index contributed by atoms with van der Waals surface area (Å²) < 4.78 is 5.37. The summed E-state index contributed by atoms with van der Waals surface area (Å²) in [5.74, 6) is 1.52. The van der Waals surface area contributed by atoms with Gasteiger partial charge in [0.1, 0.15) is 5.52 Å². The molecule has 2 heterocycles. The Morgan fingerprint density at radius 3 is 3.11 bits per heavy atom. The average molecular weight is 276 g/mol. The van der Waals surface area contributed by atoms with E-state index in [1.807, 2.05) is 0 Å². The van der Waals surface area contributed by atoms with E-state index in [9.17, 15) is 4.79 Å². The van der Waals surface area contributed by atoms with Crippen LogP contribution in [-0.2, 0) is 0 Å². The van der Waals surface area contributed by atoms with Crippen LogP contribution in [0.4, 0.5) is 10.5 Å². The minimum absolute atomic E-state index is 0.298. The Bertz CT molecular complexity index is 665. The topological polar surface area (TPSA) is 79.5 Å². The maximum Gasteiger partial charge on any atom is 0.325 e. The number of anilines is 1. The van der Waals surface area contributed by atoms with Crippen molar-refractivity contribution in [2.75, 3.05) is 17.6 Å². The molecule has 0 unspecified atom stereocenters. The molecule has 98 valence electrons. The molecular formula is C12H12N4O2S. The first-order valence-electron chi connectivity index (χ1n) is 5.83. The van der Waals surface area contributed by atoms with Crippen molar-refractivity contribution in [1.29, 1.82) is 0 Å². The third-order valence-corrected chi connectivity index (χ3v) is 3.45. The molecule has 0 radical (unpaired) electrons. The number of fused-ring (bicyclic) bond motifs is 1. The summed E-state index contributed by atoms with van der Waals surface area (Å²) in [4.78, 5) is 20.1. The summed E-state index contributed by atoms with van der Waals surface area (Å²) in [6, 6.07) is 5.03. The summed E-state index contributed by atoms with van der Waals surface area (Å²) in [5.41, 5.74) is 2.10. The molecule has 0 aliphatic carbocycles. The van der Waals surface area contributed by atoms with Crippen LogP contribution in [0.25, 0.3) is 11.1 Å². The third-order valence-electron chi connectivity index (χ3n) is 2.56. The van der Waals surface area contributed by atoms with Crippen LogP contribution < -0.4 is 10.6 Å². The molecule has 0 atom stereocenters. The zero-order valence-corrected chi connectivity index (χ0v) is 11.1. The minimum Gasteiger partial charge on any atom is -0.441 e. The fourth-order valence-electron chi connectivity index (χ4n) is 1.79. The summed E-state index contributed by atoms with van der Waals surface area (Å²) in [7, 11) is 0.